The second kappa shape index (κ2) is 7.58. The van der Waals surface area contributed by atoms with Gasteiger partial charge in [0.25, 0.3) is 0 Å². The molecule has 4 rings (SSSR count). The van der Waals surface area contributed by atoms with E-state index in [-0.39, 0.29) is 18.8 Å². The van der Waals surface area contributed by atoms with Crippen LogP contribution in [0.5, 0.6) is 0 Å². The van der Waals surface area contributed by atoms with Crippen molar-refractivity contribution in [2.24, 2.45) is 5.92 Å². The summed E-state index contributed by atoms with van der Waals surface area (Å²) in [4.78, 5) is 42.7. The van der Waals surface area contributed by atoms with Crippen molar-refractivity contribution in [1.82, 2.24) is 9.88 Å². The third-order valence-electron chi connectivity index (χ3n) is 6.04. The Bertz CT molecular complexity index is 1000. The van der Waals surface area contributed by atoms with Gasteiger partial charge in [0.1, 0.15) is 11.7 Å². The minimum Gasteiger partial charge on any atom is -0.480 e. The molecule has 1 aliphatic heterocycles. The number of aromatic nitrogens is 1. The number of nitrogens with zero attached hydrogens (tertiary/aromatic N) is 2. The molecule has 2 aliphatic rings. The van der Waals surface area contributed by atoms with Crippen molar-refractivity contribution in [3.8, 4) is 0 Å². The van der Waals surface area contributed by atoms with Crippen molar-refractivity contribution in [2.75, 3.05) is 0 Å². The van der Waals surface area contributed by atoms with Gasteiger partial charge in [-0.1, -0.05) is 25.1 Å². The summed E-state index contributed by atoms with van der Waals surface area (Å²) in [6, 6.07) is 4.57. The molecule has 158 valence electrons. The Balaban J connectivity index is 1.44. The third kappa shape index (κ3) is 3.76. The first-order chi connectivity index (χ1) is 14.2. The van der Waals surface area contributed by atoms with Crippen LogP contribution in [0.25, 0.3) is 0 Å². The molecule has 1 aromatic carbocycles. The molecule has 2 aromatic rings. The van der Waals surface area contributed by atoms with E-state index in [4.69, 9.17) is 0 Å². The van der Waals surface area contributed by atoms with Crippen LogP contribution in [-0.2, 0) is 33.6 Å². The molecule has 0 radical (unpaired) electrons. The summed E-state index contributed by atoms with van der Waals surface area (Å²) in [5.74, 6) is -3.07. The minimum atomic E-state index is -1.24. The van der Waals surface area contributed by atoms with Crippen LogP contribution in [0.1, 0.15) is 47.8 Å². The summed E-state index contributed by atoms with van der Waals surface area (Å²) >= 11 is 1.36. The van der Waals surface area contributed by atoms with Gasteiger partial charge in [-0.3, -0.25) is 19.5 Å². The number of hydrogen-bond donors (Lipinski definition) is 1. The van der Waals surface area contributed by atoms with E-state index in [9.17, 15) is 23.9 Å². The van der Waals surface area contributed by atoms with Crippen LogP contribution < -0.4 is 0 Å². The van der Waals surface area contributed by atoms with E-state index in [1.54, 1.807) is 18.6 Å². The molecule has 30 heavy (non-hydrogen) atoms. The van der Waals surface area contributed by atoms with Gasteiger partial charge in [-0.15, -0.1) is 11.3 Å². The first kappa shape index (κ1) is 20.7. The zero-order valence-electron chi connectivity index (χ0n) is 16.8. The number of likely N-dealkylation sites (tertiary alicyclic amines) is 1. The molecule has 0 bridgehead atoms. The molecule has 1 aliphatic carbocycles. The molecule has 1 N–H and O–H groups in total. The summed E-state index contributed by atoms with van der Waals surface area (Å²) in [7, 11) is 0. The van der Waals surface area contributed by atoms with Crippen LogP contribution in [-0.4, -0.2) is 44.5 Å². The molecule has 2 heterocycles. The number of hydrogen-bond acceptors (Lipinski definition) is 5. The summed E-state index contributed by atoms with van der Waals surface area (Å²) in [6.07, 6.45) is 2.64. The summed E-state index contributed by atoms with van der Waals surface area (Å²) in [5, 5.41) is 9.58. The van der Waals surface area contributed by atoms with Gasteiger partial charge >= 0.3 is 5.97 Å². The maximum atomic E-state index is 14.3. The number of carboxylic acid groups (broad SMARTS) is 1. The molecule has 6 nitrogen and oxygen atoms in total. The van der Waals surface area contributed by atoms with Crippen molar-refractivity contribution in [1.29, 1.82) is 0 Å². The zero-order chi connectivity index (χ0) is 21.6. The van der Waals surface area contributed by atoms with Crippen LogP contribution in [0, 0.1) is 5.92 Å². The lowest BCUT2D eigenvalue weighted by atomic mass is 9.83. The minimum absolute atomic E-state index is 0.0223. The van der Waals surface area contributed by atoms with E-state index >= 15 is 0 Å². The molecule has 1 saturated heterocycles. The van der Waals surface area contributed by atoms with Gasteiger partial charge in [-0.05, 0) is 36.0 Å². The molecule has 1 aromatic heterocycles. The van der Waals surface area contributed by atoms with Crippen LogP contribution >= 0.6 is 11.3 Å². The molecule has 1 unspecified atom stereocenters. The average Bonchev–Trinajstić information content (AvgIpc) is 3.27. The predicted octanol–water partition coefficient (Wildman–Crippen LogP) is 3.14. The van der Waals surface area contributed by atoms with E-state index < -0.39 is 35.4 Å². The van der Waals surface area contributed by atoms with Crippen molar-refractivity contribution in [3.05, 3.63) is 51.5 Å². The fourth-order valence-electron chi connectivity index (χ4n) is 4.49. The van der Waals surface area contributed by atoms with E-state index in [2.05, 4.69) is 4.98 Å². The van der Waals surface area contributed by atoms with E-state index in [1.165, 1.54) is 11.3 Å². The SMILES string of the molecule is C[C@@H](CC(=O)N1C(=O)[C@H](Cc2cncs2)[C@H]1C(=O)O)c1ccc2c(c1)CC(C)(F)C2. The highest BCUT2D eigenvalue weighted by atomic mass is 32.1. The molecule has 0 spiro atoms. The van der Waals surface area contributed by atoms with E-state index in [0.29, 0.717) is 12.8 Å². The highest BCUT2D eigenvalue weighted by Gasteiger charge is 2.54. The third-order valence-corrected chi connectivity index (χ3v) is 6.84. The summed E-state index contributed by atoms with van der Waals surface area (Å²) in [5.41, 5.74) is 3.20. The zero-order valence-corrected chi connectivity index (χ0v) is 17.6. The van der Waals surface area contributed by atoms with Crippen LogP contribution in [0.15, 0.2) is 29.9 Å². The van der Waals surface area contributed by atoms with Gasteiger partial charge in [0.05, 0.1) is 11.4 Å². The predicted molar refractivity (Wildman–Crippen MR) is 109 cm³/mol. The van der Waals surface area contributed by atoms with E-state index in [0.717, 1.165) is 26.5 Å². The van der Waals surface area contributed by atoms with Gasteiger partial charge in [-0.25, -0.2) is 9.18 Å². The number of halogens is 1. The number of benzene rings is 1. The fourth-order valence-corrected chi connectivity index (χ4v) is 5.15. The van der Waals surface area contributed by atoms with Gasteiger partial charge in [0.2, 0.25) is 11.8 Å². The normalized spacial score (nSPS) is 26.2. The number of amides is 2. The highest BCUT2D eigenvalue weighted by molar-refractivity contribution is 7.09. The number of carboxylic acids is 1. The quantitative estimate of drug-likeness (QED) is 0.712. The summed E-state index contributed by atoms with van der Waals surface area (Å²) in [6.45, 7) is 3.45. The Labute approximate surface area is 177 Å². The van der Waals surface area contributed by atoms with Gasteiger partial charge in [0, 0.05) is 30.3 Å². The second-order valence-corrected chi connectivity index (χ2v) is 9.53. The number of carbonyl (C=O) groups excluding carboxylic acids is 2. The molecule has 1 fully saturated rings. The van der Waals surface area contributed by atoms with Crippen LogP contribution in [0.3, 0.4) is 0 Å². The topological polar surface area (TPSA) is 87.6 Å². The van der Waals surface area contributed by atoms with Gasteiger partial charge < -0.3 is 5.11 Å². The van der Waals surface area contributed by atoms with Gasteiger partial charge in [-0.2, -0.15) is 0 Å². The monoisotopic (exact) mass is 430 g/mol. The number of rotatable bonds is 6. The lowest BCUT2D eigenvalue weighted by Crippen LogP contribution is -2.66. The first-order valence-electron chi connectivity index (χ1n) is 9.93. The number of fused-ring (bicyclic) bond motifs is 1. The van der Waals surface area contributed by atoms with Crippen molar-refractivity contribution in [2.45, 2.75) is 57.2 Å². The van der Waals surface area contributed by atoms with Crippen LogP contribution in [0.4, 0.5) is 4.39 Å². The van der Waals surface area contributed by atoms with Gasteiger partial charge in [0.15, 0.2) is 0 Å². The average molecular weight is 431 g/mol. The maximum absolute atomic E-state index is 14.3. The maximum Gasteiger partial charge on any atom is 0.327 e. The number of β-lactam (4-membered cyclic amide) rings is 1. The lowest BCUT2D eigenvalue weighted by Gasteiger charge is -2.43. The standard InChI is InChI=1S/C22H23FN2O4S/c1-12(13-3-4-14-8-22(2,23)9-15(14)6-13)5-18(26)25-19(21(28)29)17(20(25)27)7-16-10-24-11-30-16/h3-4,6,10-12,17,19H,5,7-9H2,1-2H3,(H,28,29)/t12-,17+,19-,22?/m0/s1. The smallest absolute Gasteiger partial charge is 0.327 e. The first-order valence-corrected chi connectivity index (χ1v) is 10.8. The largest absolute Gasteiger partial charge is 0.480 e. The Morgan fingerprint density at radius 1 is 1.37 bits per heavy atom. The Morgan fingerprint density at radius 2 is 2.10 bits per heavy atom. The number of aliphatic carboxylic acids is 1. The molecular weight excluding hydrogens is 407 g/mol. The fraction of sp³-hybridized carbons (Fsp3) is 0.455. The number of alkyl halides is 1. The van der Waals surface area contributed by atoms with Crippen molar-refractivity contribution < 1.29 is 23.9 Å². The number of carbonyl (C=O) groups is 3. The Morgan fingerprint density at radius 3 is 2.77 bits per heavy atom. The molecule has 4 atom stereocenters. The molecular formula is C22H23FN2O4S. The summed E-state index contributed by atoms with van der Waals surface area (Å²) < 4.78 is 14.3. The molecule has 0 saturated carbocycles. The van der Waals surface area contributed by atoms with Crippen molar-refractivity contribution >= 4 is 29.1 Å². The Hall–Kier alpha value is -2.61. The Kier molecular flexibility index (Phi) is 5.22. The van der Waals surface area contributed by atoms with Crippen molar-refractivity contribution in [3.63, 3.8) is 0 Å². The number of thiazole rings is 1. The highest BCUT2D eigenvalue weighted by Crippen LogP contribution is 2.36. The second-order valence-electron chi connectivity index (χ2n) is 8.56. The number of imide groups is 1. The van der Waals surface area contributed by atoms with Crippen LogP contribution in [0.2, 0.25) is 0 Å². The lowest BCUT2D eigenvalue weighted by molar-refractivity contribution is -0.177. The molecule has 2 amide bonds. The molecule has 8 heteroatoms. The van der Waals surface area contributed by atoms with E-state index in [1.807, 2.05) is 25.1 Å².